The summed E-state index contributed by atoms with van der Waals surface area (Å²) in [5, 5.41) is 17.9. The number of H-pyrrole nitrogens is 1. The molecule has 0 radical (unpaired) electrons. The highest BCUT2D eigenvalue weighted by Gasteiger charge is 2.21. The third kappa shape index (κ3) is 5.06. The van der Waals surface area contributed by atoms with Crippen molar-refractivity contribution in [1.29, 1.82) is 0 Å². The second kappa shape index (κ2) is 9.39. The van der Waals surface area contributed by atoms with Crippen LogP contribution in [0.3, 0.4) is 0 Å². The fourth-order valence-electron chi connectivity index (χ4n) is 4.63. The van der Waals surface area contributed by atoms with Crippen LogP contribution in [0, 0.1) is 6.92 Å². The van der Waals surface area contributed by atoms with Crippen LogP contribution in [0.5, 0.6) is 0 Å². The quantitative estimate of drug-likeness (QED) is 0.371. The molecule has 4 aromatic rings. The van der Waals surface area contributed by atoms with E-state index in [2.05, 4.69) is 43.0 Å². The summed E-state index contributed by atoms with van der Waals surface area (Å²) >= 11 is 0. The van der Waals surface area contributed by atoms with Crippen molar-refractivity contribution in [2.24, 2.45) is 0 Å². The molecule has 9 heteroatoms. The largest absolute Gasteiger partial charge is 0.389 e. The SMILES string of the molecule is CCN1CCC(n2cc(-c3c[nH]c4ncc(-c5cnc(NCC(C)(C)O)c(C)c5)nc34)cn2)CC1. The molecule has 184 valence electrons. The summed E-state index contributed by atoms with van der Waals surface area (Å²) in [5.74, 6) is 0.754. The van der Waals surface area contributed by atoms with Crippen LogP contribution in [-0.4, -0.2) is 71.5 Å². The number of nitrogens with zero attached hydrogens (tertiary/aromatic N) is 6. The number of piperidine rings is 1. The number of aromatic amines is 1. The third-order valence-corrected chi connectivity index (χ3v) is 6.73. The molecule has 5 heterocycles. The molecule has 1 fully saturated rings. The van der Waals surface area contributed by atoms with E-state index in [1.807, 2.05) is 25.4 Å². The number of aromatic nitrogens is 6. The fourth-order valence-corrected chi connectivity index (χ4v) is 4.63. The summed E-state index contributed by atoms with van der Waals surface area (Å²) in [6.07, 6.45) is 11.8. The molecule has 35 heavy (non-hydrogen) atoms. The van der Waals surface area contributed by atoms with Crippen LogP contribution in [-0.2, 0) is 0 Å². The van der Waals surface area contributed by atoms with Gasteiger partial charge in [0.15, 0.2) is 5.65 Å². The topological polar surface area (TPSA) is 108 Å². The molecule has 0 amide bonds. The van der Waals surface area contributed by atoms with Crippen molar-refractivity contribution in [2.75, 3.05) is 31.5 Å². The molecule has 0 unspecified atom stereocenters. The molecule has 0 atom stereocenters. The van der Waals surface area contributed by atoms with E-state index in [4.69, 9.17) is 10.1 Å². The van der Waals surface area contributed by atoms with Crippen molar-refractivity contribution < 1.29 is 5.11 Å². The summed E-state index contributed by atoms with van der Waals surface area (Å²) in [7, 11) is 0. The molecule has 0 aliphatic carbocycles. The molecule has 0 saturated carbocycles. The number of nitrogens with one attached hydrogen (secondary N) is 2. The molecule has 4 aromatic heterocycles. The Morgan fingerprint density at radius 3 is 2.66 bits per heavy atom. The van der Waals surface area contributed by atoms with E-state index in [1.165, 1.54) is 0 Å². The molecule has 1 saturated heterocycles. The van der Waals surface area contributed by atoms with Crippen molar-refractivity contribution in [3.05, 3.63) is 42.6 Å². The van der Waals surface area contributed by atoms with Crippen molar-refractivity contribution in [2.45, 2.75) is 52.2 Å². The van der Waals surface area contributed by atoms with Gasteiger partial charge in [0, 0.05) is 54.9 Å². The van der Waals surface area contributed by atoms with Crippen molar-refractivity contribution in [3.63, 3.8) is 0 Å². The van der Waals surface area contributed by atoms with Gasteiger partial charge in [0.25, 0.3) is 0 Å². The lowest BCUT2D eigenvalue weighted by molar-refractivity contribution is 0.0944. The Balaban J connectivity index is 1.39. The van der Waals surface area contributed by atoms with Crippen LogP contribution in [0.2, 0.25) is 0 Å². The summed E-state index contributed by atoms with van der Waals surface area (Å²) in [4.78, 5) is 19.9. The van der Waals surface area contributed by atoms with Crippen LogP contribution in [0.15, 0.2) is 37.1 Å². The molecule has 3 N–H and O–H groups in total. The van der Waals surface area contributed by atoms with E-state index in [-0.39, 0.29) is 0 Å². The van der Waals surface area contributed by atoms with Gasteiger partial charge in [0.2, 0.25) is 0 Å². The Kier molecular flexibility index (Phi) is 6.29. The van der Waals surface area contributed by atoms with Gasteiger partial charge in [-0.25, -0.2) is 15.0 Å². The molecule has 5 rings (SSSR count). The lowest BCUT2D eigenvalue weighted by Crippen LogP contribution is -2.34. The number of aliphatic hydroxyl groups is 1. The van der Waals surface area contributed by atoms with Gasteiger partial charge in [0.1, 0.15) is 11.3 Å². The number of hydrogen-bond acceptors (Lipinski definition) is 7. The number of fused-ring (bicyclic) bond motifs is 1. The van der Waals surface area contributed by atoms with Gasteiger partial charge in [-0.15, -0.1) is 0 Å². The first-order valence-corrected chi connectivity index (χ1v) is 12.3. The van der Waals surface area contributed by atoms with Crippen LogP contribution >= 0.6 is 0 Å². The Labute approximate surface area is 205 Å². The van der Waals surface area contributed by atoms with E-state index in [9.17, 15) is 5.11 Å². The highest BCUT2D eigenvalue weighted by molar-refractivity contribution is 5.91. The first kappa shape index (κ1) is 23.4. The zero-order chi connectivity index (χ0) is 24.6. The van der Waals surface area contributed by atoms with Gasteiger partial charge in [-0.2, -0.15) is 5.10 Å². The van der Waals surface area contributed by atoms with Gasteiger partial charge >= 0.3 is 0 Å². The molecular weight excluding hydrogens is 440 g/mol. The van der Waals surface area contributed by atoms with E-state index in [0.29, 0.717) is 12.6 Å². The highest BCUT2D eigenvalue weighted by Crippen LogP contribution is 2.30. The smallest absolute Gasteiger partial charge is 0.156 e. The Morgan fingerprint density at radius 2 is 1.94 bits per heavy atom. The lowest BCUT2D eigenvalue weighted by Gasteiger charge is -2.31. The van der Waals surface area contributed by atoms with Gasteiger partial charge in [-0.05, 0) is 51.8 Å². The van der Waals surface area contributed by atoms with E-state index in [0.717, 1.165) is 77.4 Å². The van der Waals surface area contributed by atoms with Crippen LogP contribution in [0.4, 0.5) is 5.82 Å². The molecule has 1 aliphatic rings. The van der Waals surface area contributed by atoms with Gasteiger partial charge in [-0.1, -0.05) is 6.92 Å². The monoisotopic (exact) mass is 474 g/mol. The number of likely N-dealkylation sites (tertiary alicyclic amines) is 1. The second-order valence-corrected chi connectivity index (χ2v) is 10.1. The Hall–Kier alpha value is -3.30. The zero-order valence-electron chi connectivity index (χ0n) is 20.9. The molecule has 0 bridgehead atoms. The number of pyridine rings is 1. The minimum absolute atomic E-state index is 0.421. The maximum Gasteiger partial charge on any atom is 0.156 e. The van der Waals surface area contributed by atoms with Gasteiger partial charge in [0.05, 0.1) is 29.7 Å². The summed E-state index contributed by atoms with van der Waals surface area (Å²) < 4.78 is 2.12. The molecule has 9 nitrogen and oxygen atoms in total. The minimum Gasteiger partial charge on any atom is -0.389 e. The average molecular weight is 475 g/mol. The zero-order valence-corrected chi connectivity index (χ0v) is 20.9. The highest BCUT2D eigenvalue weighted by atomic mass is 16.3. The average Bonchev–Trinajstić information content (AvgIpc) is 3.49. The van der Waals surface area contributed by atoms with Crippen LogP contribution in [0.25, 0.3) is 33.5 Å². The van der Waals surface area contributed by atoms with Gasteiger partial charge in [-0.3, -0.25) is 4.68 Å². The predicted molar refractivity (Wildman–Crippen MR) is 138 cm³/mol. The van der Waals surface area contributed by atoms with E-state index < -0.39 is 5.60 Å². The number of hydrogen-bond donors (Lipinski definition) is 3. The van der Waals surface area contributed by atoms with Crippen molar-refractivity contribution in [3.8, 4) is 22.4 Å². The maximum atomic E-state index is 9.98. The number of anilines is 1. The second-order valence-electron chi connectivity index (χ2n) is 10.1. The lowest BCUT2D eigenvalue weighted by atomic mass is 10.1. The summed E-state index contributed by atoms with van der Waals surface area (Å²) in [5.41, 5.74) is 5.46. The first-order chi connectivity index (χ1) is 16.8. The predicted octanol–water partition coefficient (Wildman–Crippen LogP) is 4.03. The Morgan fingerprint density at radius 1 is 1.14 bits per heavy atom. The molecule has 0 aromatic carbocycles. The van der Waals surface area contributed by atoms with Crippen LogP contribution < -0.4 is 5.32 Å². The molecule has 1 aliphatic heterocycles. The molecule has 0 spiro atoms. The first-order valence-electron chi connectivity index (χ1n) is 12.3. The third-order valence-electron chi connectivity index (χ3n) is 6.73. The number of rotatable bonds is 7. The van der Waals surface area contributed by atoms with E-state index in [1.54, 1.807) is 26.2 Å². The maximum absolute atomic E-state index is 9.98. The minimum atomic E-state index is -0.811. The summed E-state index contributed by atoms with van der Waals surface area (Å²) in [6, 6.07) is 2.48. The van der Waals surface area contributed by atoms with Crippen molar-refractivity contribution in [1.82, 2.24) is 34.6 Å². The normalized spacial score (nSPS) is 15.7. The molecular formula is C26H34N8O. The van der Waals surface area contributed by atoms with Crippen LogP contribution in [0.1, 0.15) is 45.2 Å². The fraction of sp³-hybridized carbons (Fsp3) is 0.462. The van der Waals surface area contributed by atoms with E-state index >= 15 is 0 Å². The Bertz CT molecular complexity index is 1310. The van der Waals surface area contributed by atoms with Gasteiger partial charge < -0.3 is 20.3 Å². The van der Waals surface area contributed by atoms with Crippen molar-refractivity contribution >= 4 is 17.0 Å². The standard InChI is InChI=1S/C26H34N8O/c1-5-33-8-6-20(7-9-33)34-15-19(12-31-34)21-13-28-25-23(21)32-22(14-29-25)18-10-17(2)24(27-11-18)30-16-26(3,4)35/h10-15,20,35H,5-9,16H2,1-4H3,(H,27,30)(H,28,29). The summed E-state index contributed by atoms with van der Waals surface area (Å²) in [6.45, 7) is 11.5. The number of aryl methyl sites for hydroxylation is 1.